The molecule has 0 aromatic carbocycles. The van der Waals surface area contributed by atoms with E-state index >= 15 is 0 Å². The van der Waals surface area contributed by atoms with Crippen LogP contribution >= 0.6 is 0 Å². The van der Waals surface area contributed by atoms with Gasteiger partial charge in [0.15, 0.2) is 5.69 Å². The van der Waals surface area contributed by atoms with Gasteiger partial charge >= 0.3 is 0 Å². The van der Waals surface area contributed by atoms with Crippen molar-refractivity contribution in [3.63, 3.8) is 0 Å². The molecule has 0 aliphatic heterocycles. The summed E-state index contributed by atoms with van der Waals surface area (Å²) >= 11 is 0. The van der Waals surface area contributed by atoms with Gasteiger partial charge in [0.1, 0.15) is 6.07 Å². The Labute approximate surface area is 201 Å². The fraction of sp³-hybridized carbons (Fsp3) is 0.862. The highest BCUT2D eigenvalue weighted by Gasteiger charge is 2.60. The molecule has 182 valence electrons. The molecule has 4 aliphatic carbocycles. The number of rotatable bonds is 6. The largest absolute Gasteiger partial charge is 0.381 e. The van der Waals surface area contributed by atoms with E-state index in [9.17, 15) is 0 Å². The van der Waals surface area contributed by atoms with Crippen LogP contribution < -0.4 is 0 Å². The van der Waals surface area contributed by atoms with Crippen LogP contribution in [0.1, 0.15) is 91.2 Å². The van der Waals surface area contributed by atoms with E-state index in [1.807, 2.05) is 16.9 Å². The molecule has 0 saturated heterocycles. The molecular weight excluding hydrogens is 406 g/mol. The topological polar surface area (TPSA) is 50.8 Å². The fourth-order valence-corrected chi connectivity index (χ4v) is 9.70. The highest BCUT2D eigenvalue weighted by Crippen LogP contribution is 2.68. The van der Waals surface area contributed by atoms with E-state index in [1.54, 1.807) is 0 Å². The van der Waals surface area contributed by atoms with Gasteiger partial charge in [-0.25, -0.2) is 0 Å². The van der Waals surface area contributed by atoms with Crippen LogP contribution in [0.2, 0.25) is 0 Å². The Kier molecular flexibility index (Phi) is 6.40. The Morgan fingerprint density at radius 3 is 2.67 bits per heavy atom. The third kappa shape index (κ3) is 3.97. The van der Waals surface area contributed by atoms with Crippen LogP contribution in [0.3, 0.4) is 0 Å². The van der Waals surface area contributed by atoms with Gasteiger partial charge in [-0.05, 0) is 123 Å². The van der Waals surface area contributed by atoms with Crippen molar-refractivity contribution < 1.29 is 4.74 Å². The van der Waals surface area contributed by atoms with Crippen LogP contribution in [0.5, 0.6) is 0 Å². The predicted molar refractivity (Wildman–Crippen MR) is 131 cm³/mol. The smallest absolute Gasteiger partial charge is 0.162 e. The van der Waals surface area contributed by atoms with Gasteiger partial charge in [0.05, 0.1) is 0 Å². The summed E-state index contributed by atoms with van der Waals surface area (Å²) in [5, 5.41) is 13.6. The number of nitriles is 1. The molecule has 4 aliphatic rings. The van der Waals surface area contributed by atoms with Gasteiger partial charge in [0.2, 0.25) is 0 Å². The van der Waals surface area contributed by atoms with Gasteiger partial charge in [-0.2, -0.15) is 10.4 Å². The van der Waals surface area contributed by atoms with Gasteiger partial charge in [-0.1, -0.05) is 20.8 Å². The van der Waals surface area contributed by atoms with Gasteiger partial charge in [-0.3, -0.25) is 4.68 Å². The van der Waals surface area contributed by atoms with Crippen LogP contribution in [0, 0.1) is 63.6 Å². The molecule has 0 N–H and O–H groups in total. The molecule has 33 heavy (non-hydrogen) atoms. The fourth-order valence-electron chi connectivity index (χ4n) is 9.70. The zero-order chi connectivity index (χ0) is 23.2. The summed E-state index contributed by atoms with van der Waals surface area (Å²) in [4.78, 5) is 0. The first-order valence-corrected chi connectivity index (χ1v) is 13.9. The van der Waals surface area contributed by atoms with E-state index in [2.05, 4.69) is 38.9 Å². The normalized spacial score (nSPS) is 43.2. The minimum Gasteiger partial charge on any atom is -0.381 e. The highest BCUT2D eigenvalue weighted by atomic mass is 16.5. The number of aromatic nitrogens is 2. The third-order valence-corrected chi connectivity index (χ3v) is 11.3. The molecule has 0 spiro atoms. The number of fused-ring (bicyclic) bond motifs is 5. The molecule has 1 aromatic rings. The van der Waals surface area contributed by atoms with E-state index < -0.39 is 0 Å². The Bertz CT molecular complexity index is 872. The third-order valence-electron chi connectivity index (χ3n) is 11.3. The SMILES string of the molecule is CCOCC1CCC2(C)C(CCC3C2CCC2(C)C(C(C)Cn4ccc(C#N)n4)CCC32)C1. The Morgan fingerprint density at radius 2 is 1.91 bits per heavy atom. The minimum atomic E-state index is 0.487. The van der Waals surface area contributed by atoms with E-state index in [1.165, 1.54) is 57.8 Å². The molecular formula is C29H45N3O. The van der Waals surface area contributed by atoms with E-state index in [0.29, 0.717) is 22.4 Å². The number of nitrogens with zero attached hydrogens (tertiary/aromatic N) is 3. The molecule has 0 radical (unpaired) electrons. The van der Waals surface area contributed by atoms with Crippen molar-refractivity contribution in [3.05, 3.63) is 18.0 Å². The van der Waals surface area contributed by atoms with Crippen molar-refractivity contribution in [2.75, 3.05) is 13.2 Å². The van der Waals surface area contributed by atoms with Gasteiger partial charge in [0, 0.05) is 26.0 Å². The van der Waals surface area contributed by atoms with Crippen molar-refractivity contribution in [2.45, 2.75) is 92.0 Å². The molecule has 9 atom stereocenters. The Hall–Kier alpha value is -1.34. The van der Waals surface area contributed by atoms with Crippen molar-refractivity contribution in [3.8, 4) is 6.07 Å². The maximum absolute atomic E-state index is 9.13. The monoisotopic (exact) mass is 451 g/mol. The molecule has 5 rings (SSSR count). The van der Waals surface area contributed by atoms with E-state index in [0.717, 1.165) is 55.3 Å². The molecule has 1 aromatic heterocycles. The van der Waals surface area contributed by atoms with Crippen LogP contribution in [0.15, 0.2) is 12.3 Å². The van der Waals surface area contributed by atoms with Crippen LogP contribution in [-0.4, -0.2) is 23.0 Å². The predicted octanol–water partition coefficient (Wildman–Crippen LogP) is 6.70. The van der Waals surface area contributed by atoms with Gasteiger partial charge in [0.25, 0.3) is 0 Å². The summed E-state index contributed by atoms with van der Waals surface area (Å²) < 4.78 is 7.84. The van der Waals surface area contributed by atoms with Crippen molar-refractivity contribution in [2.24, 2.45) is 52.3 Å². The average Bonchev–Trinajstić information content (AvgIpc) is 3.41. The van der Waals surface area contributed by atoms with Crippen LogP contribution in [-0.2, 0) is 11.3 Å². The Balaban J connectivity index is 1.28. The molecule has 9 unspecified atom stereocenters. The summed E-state index contributed by atoms with van der Waals surface area (Å²) in [5.74, 6) is 5.92. The lowest BCUT2D eigenvalue weighted by Crippen LogP contribution is -2.54. The van der Waals surface area contributed by atoms with Crippen LogP contribution in [0.25, 0.3) is 0 Å². The first-order valence-electron chi connectivity index (χ1n) is 13.9. The highest BCUT2D eigenvalue weighted by molar-refractivity contribution is 5.16. The number of hydrogen-bond acceptors (Lipinski definition) is 3. The molecule has 4 heteroatoms. The molecule has 4 nitrogen and oxygen atoms in total. The zero-order valence-corrected chi connectivity index (χ0v) is 21.4. The summed E-state index contributed by atoms with van der Waals surface area (Å²) in [5.41, 5.74) is 1.60. The van der Waals surface area contributed by atoms with E-state index in [-0.39, 0.29) is 0 Å². The second kappa shape index (κ2) is 9.03. The van der Waals surface area contributed by atoms with Gasteiger partial charge < -0.3 is 4.74 Å². The van der Waals surface area contributed by atoms with Crippen LogP contribution in [0.4, 0.5) is 0 Å². The first kappa shape index (κ1) is 23.4. The summed E-state index contributed by atoms with van der Waals surface area (Å²) in [7, 11) is 0. The van der Waals surface area contributed by atoms with Gasteiger partial charge in [-0.15, -0.1) is 0 Å². The number of ether oxygens (including phenoxy) is 1. The maximum atomic E-state index is 9.13. The molecule has 0 bridgehead atoms. The second-order valence-electron chi connectivity index (χ2n) is 12.7. The van der Waals surface area contributed by atoms with Crippen molar-refractivity contribution >= 4 is 0 Å². The van der Waals surface area contributed by atoms with Crippen molar-refractivity contribution in [1.29, 1.82) is 5.26 Å². The molecule has 0 amide bonds. The minimum absolute atomic E-state index is 0.487. The summed E-state index contributed by atoms with van der Waals surface area (Å²) in [6.07, 6.45) is 14.8. The quantitative estimate of drug-likeness (QED) is 0.483. The second-order valence-corrected chi connectivity index (χ2v) is 12.7. The molecule has 1 heterocycles. The summed E-state index contributed by atoms with van der Waals surface area (Å²) in [6.45, 7) is 12.7. The average molecular weight is 452 g/mol. The lowest BCUT2D eigenvalue weighted by molar-refractivity contribution is -0.125. The lowest BCUT2D eigenvalue weighted by atomic mass is 9.44. The standard InChI is InChI=1S/C29H45N3O/c1-5-33-19-21-10-13-28(3)22(16-21)6-7-24-26-9-8-25(29(26,4)14-11-27(24)28)20(2)18-32-15-12-23(17-30)31-32/h12,15,20-22,24-27H,5-11,13-14,16,18-19H2,1-4H3. The zero-order valence-electron chi connectivity index (χ0n) is 21.4. The maximum Gasteiger partial charge on any atom is 0.162 e. The summed E-state index contributed by atoms with van der Waals surface area (Å²) in [6, 6.07) is 4.02. The first-order chi connectivity index (χ1) is 15.9. The van der Waals surface area contributed by atoms with Crippen molar-refractivity contribution in [1.82, 2.24) is 9.78 Å². The number of hydrogen-bond donors (Lipinski definition) is 0. The lowest BCUT2D eigenvalue weighted by Gasteiger charge is -2.61. The van der Waals surface area contributed by atoms with E-state index in [4.69, 9.17) is 10.00 Å². The Morgan fingerprint density at radius 1 is 1.12 bits per heavy atom. The molecule has 4 saturated carbocycles. The molecule has 4 fully saturated rings.